The van der Waals surface area contributed by atoms with Crippen molar-refractivity contribution >= 4 is 5.91 Å². The number of aromatic nitrogens is 1. The molecule has 0 bridgehead atoms. The van der Waals surface area contributed by atoms with Gasteiger partial charge >= 0.3 is 0 Å². The predicted molar refractivity (Wildman–Crippen MR) is 91.1 cm³/mol. The van der Waals surface area contributed by atoms with Gasteiger partial charge in [0.1, 0.15) is 0 Å². The van der Waals surface area contributed by atoms with Gasteiger partial charge in [-0.25, -0.2) is 0 Å². The van der Waals surface area contributed by atoms with Crippen molar-refractivity contribution in [2.24, 2.45) is 0 Å². The molecule has 1 aromatic rings. The molecule has 2 aliphatic heterocycles. The van der Waals surface area contributed by atoms with E-state index in [1.807, 2.05) is 13.1 Å². The summed E-state index contributed by atoms with van der Waals surface area (Å²) in [7, 11) is 2.13. The predicted octanol–water partition coefficient (Wildman–Crippen LogP) is 1.53. The van der Waals surface area contributed by atoms with Crippen LogP contribution in [0.5, 0.6) is 0 Å². The van der Waals surface area contributed by atoms with E-state index in [2.05, 4.69) is 27.6 Å². The smallest absolute Gasteiger partial charge is 0.221 e. The van der Waals surface area contributed by atoms with Crippen molar-refractivity contribution in [3.05, 3.63) is 28.6 Å². The van der Waals surface area contributed by atoms with Gasteiger partial charge < -0.3 is 15.5 Å². The number of hydrogen-bond donors (Lipinski definition) is 2. The second kappa shape index (κ2) is 7.41. The average Bonchev–Trinajstić information content (AvgIpc) is 2.56. The van der Waals surface area contributed by atoms with Crippen LogP contribution in [-0.4, -0.2) is 42.0 Å². The molecular weight excluding hydrogens is 288 g/mol. The van der Waals surface area contributed by atoms with Crippen molar-refractivity contribution in [3.63, 3.8) is 0 Å². The molecule has 5 nitrogen and oxygen atoms in total. The van der Waals surface area contributed by atoms with Crippen LogP contribution >= 0.6 is 0 Å². The van der Waals surface area contributed by atoms with Crippen LogP contribution in [-0.2, 0) is 24.3 Å². The lowest BCUT2D eigenvalue weighted by molar-refractivity contribution is -0.122. The van der Waals surface area contributed by atoms with Crippen LogP contribution in [0, 0.1) is 6.92 Å². The lowest BCUT2D eigenvalue weighted by Crippen LogP contribution is -2.40. The molecule has 1 saturated heterocycles. The third-order valence-corrected chi connectivity index (χ3v) is 5.27. The molecule has 126 valence electrons. The number of fused-ring (bicyclic) bond motifs is 1. The molecule has 3 rings (SSSR count). The Labute approximate surface area is 138 Å². The van der Waals surface area contributed by atoms with E-state index >= 15 is 0 Å². The molecule has 1 aromatic heterocycles. The largest absolute Gasteiger partial charge is 0.352 e. The van der Waals surface area contributed by atoms with Crippen LogP contribution in [0.25, 0.3) is 0 Å². The van der Waals surface area contributed by atoms with Gasteiger partial charge in [0.15, 0.2) is 0 Å². The number of nitrogens with zero attached hydrogens (tertiary/aromatic N) is 2. The minimum absolute atomic E-state index is 0.162. The van der Waals surface area contributed by atoms with Crippen LogP contribution in [0.1, 0.15) is 48.1 Å². The van der Waals surface area contributed by atoms with Crippen LogP contribution in [0.4, 0.5) is 0 Å². The third kappa shape index (κ3) is 3.90. The lowest BCUT2D eigenvalue weighted by atomic mass is 9.95. The van der Waals surface area contributed by atoms with Gasteiger partial charge in [-0.3, -0.25) is 9.78 Å². The van der Waals surface area contributed by atoms with E-state index < -0.39 is 0 Å². The number of rotatable bonds is 4. The number of carbonyl (C=O) groups excluding carboxylic acids is 1. The molecule has 2 aliphatic rings. The first kappa shape index (κ1) is 16.4. The molecule has 5 heteroatoms. The van der Waals surface area contributed by atoms with E-state index in [0.717, 1.165) is 38.2 Å². The highest BCUT2D eigenvalue weighted by atomic mass is 16.1. The number of likely N-dealkylation sites (tertiary alicyclic amines) is 1. The number of aryl methyl sites for hydroxylation is 1. The maximum Gasteiger partial charge on any atom is 0.221 e. The van der Waals surface area contributed by atoms with E-state index in [-0.39, 0.29) is 5.91 Å². The van der Waals surface area contributed by atoms with E-state index in [4.69, 9.17) is 0 Å². The lowest BCUT2D eigenvalue weighted by Gasteiger charge is -2.32. The molecule has 0 radical (unpaired) electrons. The summed E-state index contributed by atoms with van der Waals surface area (Å²) in [6.45, 7) is 5.65. The highest BCUT2D eigenvalue weighted by molar-refractivity contribution is 5.76. The topological polar surface area (TPSA) is 57.3 Å². The Hall–Kier alpha value is -1.46. The van der Waals surface area contributed by atoms with Crippen molar-refractivity contribution in [1.82, 2.24) is 20.5 Å². The van der Waals surface area contributed by atoms with Gasteiger partial charge in [-0.2, -0.15) is 0 Å². The fourth-order valence-electron chi connectivity index (χ4n) is 3.75. The highest BCUT2D eigenvalue weighted by Crippen LogP contribution is 2.21. The second-order valence-corrected chi connectivity index (χ2v) is 6.86. The van der Waals surface area contributed by atoms with Crippen LogP contribution < -0.4 is 10.6 Å². The number of amides is 1. The number of carbonyl (C=O) groups is 1. The van der Waals surface area contributed by atoms with Crippen LogP contribution in [0.2, 0.25) is 0 Å². The quantitative estimate of drug-likeness (QED) is 0.884. The molecular formula is C18H28N4O. The molecule has 2 N–H and O–H groups in total. The van der Waals surface area contributed by atoms with E-state index in [1.54, 1.807) is 0 Å². The van der Waals surface area contributed by atoms with Gasteiger partial charge in [-0.1, -0.05) is 6.42 Å². The van der Waals surface area contributed by atoms with E-state index in [0.29, 0.717) is 19.0 Å². The van der Waals surface area contributed by atoms with Gasteiger partial charge in [-0.05, 0) is 63.0 Å². The van der Waals surface area contributed by atoms with Gasteiger partial charge in [0.25, 0.3) is 0 Å². The maximum atomic E-state index is 12.3. The molecule has 0 unspecified atom stereocenters. The summed E-state index contributed by atoms with van der Waals surface area (Å²) in [5.74, 6) is 0.162. The summed E-state index contributed by atoms with van der Waals surface area (Å²) in [4.78, 5) is 19.2. The minimum Gasteiger partial charge on any atom is -0.352 e. The average molecular weight is 316 g/mol. The normalized spacial score (nSPS) is 21.7. The zero-order valence-electron chi connectivity index (χ0n) is 14.3. The number of piperidine rings is 1. The zero-order valence-corrected chi connectivity index (χ0v) is 14.3. The van der Waals surface area contributed by atoms with Gasteiger partial charge in [-0.15, -0.1) is 0 Å². The molecule has 1 amide bonds. The van der Waals surface area contributed by atoms with Crippen molar-refractivity contribution < 1.29 is 4.79 Å². The number of pyridine rings is 1. The summed E-state index contributed by atoms with van der Waals surface area (Å²) in [5, 5.41) is 6.51. The van der Waals surface area contributed by atoms with Crippen molar-refractivity contribution in [3.8, 4) is 0 Å². The number of nitrogens with one attached hydrogen (secondary N) is 2. The maximum absolute atomic E-state index is 12.3. The standard InChI is InChI=1S/C18H28N4O/c1-13-17(16-6-7-19-10-14(16)11-20-13)12-21-18(23)9-15-5-3-4-8-22(15)2/h11,15,19H,3-10,12H2,1-2H3,(H,21,23)/t15-/m1/s1. The SMILES string of the molecule is Cc1ncc2c(c1CNC(=O)C[C@H]1CCCCN1C)CCNC2. The highest BCUT2D eigenvalue weighted by Gasteiger charge is 2.22. The Balaban J connectivity index is 1.60. The molecule has 23 heavy (non-hydrogen) atoms. The van der Waals surface area contributed by atoms with Gasteiger partial charge in [0.2, 0.25) is 5.91 Å². The summed E-state index contributed by atoms with van der Waals surface area (Å²) in [6.07, 6.45) is 7.24. The molecule has 0 saturated carbocycles. The molecule has 3 heterocycles. The summed E-state index contributed by atoms with van der Waals surface area (Å²) < 4.78 is 0. The Morgan fingerprint density at radius 3 is 3.17 bits per heavy atom. The van der Waals surface area contributed by atoms with Gasteiger partial charge in [0.05, 0.1) is 0 Å². The Kier molecular flexibility index (Phi) is 5.28. The summed E-state index contributed by atoms with van der Waals surface area (Å²) in [6, 6.07) is 0.400. The van der Waals surface area contributed by atoms with Crippen molar-refractivity contribution in [2.45, 2.75) is 58.2 Å². The monoisotopic (exact) mass is 316 g/mol. The summed E-state index contributed by atoms with van der Waals surface area (Å²) in [5.41, 5.74) is 4.92. The Morgan fingerprint density at radius 2 is 2.35 bits per heavy atom. The van der Waals surface area contributed by atoms with Gasteiger partial charge in [0, 0.05) is 37.4 Å². The molecule has 0 aliphatic carbocycles. The fourth-order valence-corrected chi connectivity index (χ4v) is 3.75. The molecule has 1 atom stereocenters. The second-order valence-electron chi connectivity index (χ2n) is 6.86. The van der Waals surface area contributed by atoms with Crippen LogP contribution in [0.3, 0.4) is 0 Å². The van der Waals surface area contributed by atoms with Crippen molar-refractivity contribution in [2.75, 3.05) is 20.1 Å². The van der Waals surface area contributed by atoms with E-state index in [1.165, 1.54) is 29.5 Å². The minimum atomic E-state index is 0.162. The summed E-state index contributed by atoms with van der Waals surface area (Å²) >= 11 is 0. The molecule has 1 fully saturated rings. The van der Waals surface area contributed by atoms with E-state index in [9.17, 15) is 4.79 Å². The number of hydrogen-bond acceptors (Lipinski definition) is 4. The molecule has 0 spiro atoms. The zero-order chi connectivity index (χ0) is 16.2. The fraction of sp³-hybridized carbons (Fsp3) is 0.667. The first-order valence-corrected chi connectivity index (χ1v) is 8.79. The Bertz CT molecular complexity index is 572. The third-order valence-electron chi connectivity index (χ3n) is 5.27. The van der Waals surface area contributed by atoms with Crippen LogP contribution in [0.15, 0.2) is 6.20 Å². The first-order chi connectivity index (χ1) is 11.1. The van der Waals surface area contributed by atoms with Crippen molar-refractivity contribution in [1.29, 1.82) is 0 Å². The first-order valence-electron chi connectivity index (χ1n) is 8.79. The Morgan fingerprint density at radius 1 is 1.48 bits per heavy atom. The molecule has 0 aromatic carbocycles.